The van der Waals surface area contributed by atoms with Gasteiger partial charge in [0.2, 0.25) is 5.91 Å². The molecule has 0 radical (unpaired) electrons. The smallest absolute Gasteiger partial charge is 0.392 e. The number of alkyl halides is 3. The second-order valence-electron chi connectivity index (χ2n) is 8.25. The molecule has 0 aromatic carbocycles. The van der Waals surface area contributed by atoms with Crippen LogP contribution in [-0.2, 0) is 11.0 Å². The van der Waals surface area contributed by atoms with Gasteiger partial charge in [0.1, 0.15) is 5.82 Å². The van der Waals surface area contributed by atoms with E-state index in [1.807, 2.05) is 9.80 Å². The Morgan fingerprint density at radius 2 is 2.00 bits per heavy atom. The van der Waals surface area contributed by atoms with Crippen LogP contribution in [0.1, 0.15) is 37.7 Å². The zero-order valence-corrected chi connectivity index (χ0v) is 16.1. The monoisotopic (exact) mass is 417 g/mol. The number of anilines is 1. The summed E-state index contributed by atoms with van der Waals surface area (Å²) in [6, 6.07) is 0.894. The Morgan fingerprint density at radius 3 is 2.64 bits per heavy atom. The average Bonchev–Trinajstić information content (AvgIpc) is 3.48. The fourth-order valence-corrected chi connectivity index (χ4v) is 4.77. The van der Waals surface area contributed by atoms with E-state index in [0.717, 1.165) is 37.9 Å². The van der Waals surface area contributed by atoms with Crippen LogP contribution >= 0.6 is 11.6 Å². The molecule has 1 spiro atoms. The van der Waals surface area contributed by atoms with Crippen LogP contribution in [0, 0.1) is 11.3 Å². The van der Waals surface area contributed by atoms with Crippen LogP contribution in [0.2, 0.25) is 5.02 Å². The molecule has 3 aliphatic rings. The first-order valence-corrected chi connectivity index (χ1v) is 10.0. The molecule has 2 atom stereocenters. The molecule has 0 unspecified atom stereocenters. The van der Waals surface area contributed by atoms with E-state index in [4.69, 9.17) is 11.6 Å². The molecule has 28 heavy (non-hydrogen) atoms. The maximum atomic E-state index is 12.9. The van der Waals surface area contributed by atoms with Crippen LogP contribution in [-0.4, -0.2) is 53.2 Å². The van der Waals surface area contributed by atoms with Crippen molar-refractivity contribution < 1.29 is 23.1 Å². The standard InChI is InChI=1S/C19H23ClF3N3O2/c20-14-8-13(19(21,22)23)9-24-16(14)25-7-4-15(27)18(10-25)5-1-6-26(11-18)17(28)12-2-3-12/h8-9,12,15,27H,1-7,10-11H2/t15-,18-/m0/s1. The highest BCUT2D eigenvalue weighted by Crippen LogP contribution is 2.43. The number of carbonyl (C=O) groups excluding carboxylic acids is 1. The number of hydrogen-bond donors (Lipinski definition) is 1. The second kappa shape index (κ2) is 7.06. The lowest BCUT2D eigenvalue weighted by molar-refractivity contribution is -0.139. The maximum absolute atomic E-state index is 12.9. The number of rotatable bonds is 2. The molecule has 0 bridgehead atoms. The van der Waals surface area contributed by atoms with Gasteiger partial charge < -0.3 is 14.9 Å². The molecule has 2 aliphatic heterocycles. The lowest BCUT2D eigenvalue weighted by atomic mass is 9.71. The highest BCUT2D eigenvalue weighted by atomic mass is 35.5. The third-order valence-electron chi connectivity index (χ3n) is 6.18. The molecule has 154 valence electrons. The molecule has 1 N–H and O–H groups in total. The minimum Gasteiger partial charge on any atom is -0.392 e. The molecule has 9 heteroatoms. The van der Waals surface area contributed by atoms with Gasteiger partial charge in [0.25, 0.3) is 0 Å². The van der Waals surface area contributed by atoms with Gasteiger partial charge in [-0.25, -0.2) is 4.98 Å². The number of piperidine rings is 2. The number of aliphatic hydroxyl groups is 1. The van der Waals surface area contributed by atoms with E-state index in [1.54, 1.807) is 0 Å². The van der Waals surface area contributed by atoms with Crippen molar-refractivity contribution in [2.24, 2.45) is 11.3 Å². The summed E-state index contributed by atoms with van der Waals surface area (Å²) in [6.45, 7) is 2.04. The van der Waals surface area contributed by atoms with Crippen molar-refractivity contribution in [2.75, 3.05) is 31.1 Å². The summed E-state index contributed by atoms with van der Waals surface area (Å²) < 4.78 is 38.7. The summed E-state index contributed by atoms with van der Waals surface area (Å²) in [4.78, 5) is 20.2. The van der Waals surface area contributed by atoms with E-state index in [0.29, 0.717) is 38.4 Å². The number of aromatic nitrogens is 1. The van der Waals surface area contributed by atoms with E-state index in [9.17, 15) is 23.1 Å². The number of aliphatic hydroxyl groups excluding tert-OH is 1. The zero-order valence-electron chi connectivity index (χ0n) is 15.4. The molecule has 4 rings (SSSR count). The lowest BCUT2D eigenvalue weighted by Crippen LogP contribution is -2.60. The van der Waals surface area contributed by atoms with Gasteiger partial charge in [-0.3, -0.25) is 4.79 Å². The summed E-state index contributed by atoms with van der Waals surface area (Å²) in [6.07, 6.45) is -0.375. The Bertz CT molecular complexity index is 771. The normalized spacial score (nSPS) is 28.7. The summed E-state index contributed by atoms with van der Waals surface area (Å²) in [5.41, 5.74) is -1.39. The van der Waals surface area contributed by atoms with Gasteiger partial charge in [-0.05, 0) is 38.2 Å². The Hall–Kier alpha value is -1.54. The summed E-state index contributed by atoms with van der Waals surface area (Å²) in [5.74, 6) is 0.582. The van der Waals surface area contributed by atoms with Gasteiger partial charge in [-0.2, -0.15) is 13.2 Å². The average molecular weight is 418 g/mol. The van der Waals surface area contributed by atoms with Crippen LogP contribution in [0.5, 0.6) is 0 Å². The third-order valence-corrected chi connectivity index (χ3v) is 6.46. The number of amides is 1. The first-order chi connectivity index (χ1) is 13.2. The van der Waals surface area contributed by atoms with Gasteiger partial charge in [0, 0.05) is 43.7 Å². The van der Waals surface area contributed by atoms with Crippen molar-refractivity contribution in [3.05, 3.63) is 22.8 Å². The first kappa shape index (κ1) is 19.8. The molecule has 3 heterocycles. The SMILES string of the molecule is O=C(C1CC1)N1CCC[C@@]2(C1)CN(c1ncc(C(F)(F)F)cc1Cl)CC[C@@H]2O. The number of nitrogens with zero attached hydrogens (tertiary/aromatic N) is 3. The van der Waals surface area contributed by atoms with Crippen molar-refractivity contribution >= 4 is 23.3 Å². The molecule has 2 saturated heterocycles. The lowest BCUT2D eigenvalue weighted by Gasteiger charge is -2.51. The Kier molecular flexibility index (Phi) is 4.98. The van der Waals surface area contributed by atoms with Crippen LogP contribution in [0.3, 0.4) is 0 Å². The fraction of sp³-hybridized carbons (Fsp3) is 0.684. The summed E-state index contributed by atoms with van der Waals surface area (Å²) in [5, 5.41) is 10.7. The van der Waals surface area contributed by atoms with Crippen molar-refractivity contribution in [1.82, 2.24) is 9.88 Å². The van der Waals surface area contributed by atoms with Gasteiger partial charge in [0.05, 0.1) is 16.7 Å². The molecular formula is C19H23ClF3N3O2. The van der Waals surface area contributed by atoms with E-state index in [1.165, 1.54) is 0 Å². The molecule has 1 amide bonds. The minimum atomic E-state index is -4.50. The largest absolute Gasteiger partial charge is 0.417 e. The van der Waals surface area contributed by atoms with Crippen molar-refractivity contribution in [2.45, 2.75) is 44.4 Å². The van der Waals surface area contributed by atoms with Crippen LogP contribution < -0.4 is 4.90 Å². The van der Waals surface area contributed by atoms with Gasteiger partial charge in [-0.1, -0.05) is 11.6 Å². The molecule has 1 aliphatic carbocycles. The van der Waals surface area contributed by atoms with E-state index in [-0.39, 0.29) is 16.8 Å². The number of likely N-dealkylation sites (tertiary alicyclic amines) is 1. The van der Waals surface area contributed by atoms with Crippen molar-refractivity contribution in [3.8, 4) is 0 Å². The number of carbonyl (C=O) groups is 1. The van der Waals surface area contributed by atoms with Crippen molar-refractivity contribution in [3.63, 3.8) is 0 Å². The Labute approximate surface area is 166 Å². The number of halogens is 4. The maximum Gasteiger partial charge on any atom is 0.417 e. The fourth-order valence-electron chi connectivity index (χ4n) is 4.49. The topological polar surface area (TPSA) is 56.7 Å². The molecule has 1 aromatic heterocycles. The quantitative estimate of drug-likeness (QED) is 0.801. The highest BCUT2D eigenvalue weighted by Gasteiger charge is 2.48. The third kappa shape index (κ3) is 3.68. The van der Waals surface area contributed by atoms with Crippen LogP contribution in [0.4, 0.5) is 19.0 Å². The molecule has 1 aromatic rings. The number of pyridine rings is 1. The van der Waals surface area contributed by atoms with Crippen LogP contribution in [0.25, 0.3) is 0 Å². The van der Waals surface area contributed by atoms with Gasteiger partial charge >= 0.3 is 6.18 Å². The Morgan fingerprint density at radius 1 is 1.25 bits per heavy atom. The first-order valence-electron chi connectivity index (χ1n) is 9.64. The predicted octanol–water partition coefficient (Wildman–Crippen LogP) is 3.34. The number of hydrogen-bond acceptors (Lipinski definition) is 4. The van der Waals surface area contributed by atoms with E-state index in [2.05, 4.69) is 4.98 Å². The predicted molar refractivity (Wildman–Crippen MR) is 98.1 cm³/mol. The highest BCUT2D eigenvalue weighted by molar-refractivity contribution is 6.33. The zero-order chi connectivity index (χ0) is 20.1. The minimum absolute atomic E-state index is 0.0527. The molecular weight excluding hydrogens is 395 g/mol. The van der Waals surface area contributed by atoms with Crippen molar-refractivity contribution in [1.29, 1.82) is 0 Å². The second-order valence-corrected chi connectivity index (χ2v) is 8.66. The summed E-state index contributed by atoms with van der Waals surface area (Å²) >= 11 is 6.13. The van der Waals surface area contributed by atoms with Gasteiger partial charge in [0.15, 0.2) is 0 Å². The van der Waals surface area contributed by atoms with E-state index >= 15 is 0 Å². The van der Waals surface area contributed by atoms with Crippen LogP contribution in [0.15, 0.2) is 12.3 Å². The Balaban J connectivity index is 1.55. The molecule has 1 saturated carbocycles. The molecule has 5 nitrogen and oxygen atoms in total. The molecule has 3 fully saturated rings. The van der Waals surface area contributed by atoms with E-state index < -0.39 is 23.3 Å². The summed E-state index contributed by atoms with van der Waals surface area (Å²) in [7, 11) is 0. The van der Waals surface area contributed by atoms with Gasteiger partial charge in [-0.15, -0.1) is 0 Å².